The fourth-order valence-electron chi connectivity index (χ4n) is 4.70. The van der Waals surface area contributed by atoms with Gasteiger partial charge in [0.05, 0.1) is 23.4 Å². The number of anilines is 1. The van der Waals surface area contributed by atoms with Crippen LogP contribution in [0.15, 0.2) is 113 Å². The highest BCUT2D eigenvalue weighted by Gasteiger charge is 2.31. The Morgan fingerprint density at radius 3 is 2.38 bits per heavy atom. The Balaban J connectivity index is 1.52. The van der Waals surface area contributed by atoms with Crippen LogP contribution in [0.5, 0.6) is 0 Å². The van der Waals surface area contributed by atoms with Crippen molar-refractivity contribution >= 4 is 24.1 Å². The summed E-state index contributed by atoms with van der Waals surface area (Å²) in [6, 6.07) is 25.7. The number of hydrogen-bond donors (Lipinski definition) is 1. The minimum absolute atomic E-state index is 0.0752. The molecule has 210 valence electrons. The first-order chi connectivity index (χ1) is 20.1. The summed E-state index contributed by atoms with van der Waals surface area (Å²) in [5.74, 6) is 0.193. The lowest BCUT2D eigenvalue weighted by molar-refractivity contribution is -0.137. The van der Waals surface area contributed by atoms with E-state index in [4.69, 9.17) is 0 Å². The van der Waals surface area contributed by atoms with E-state index >= 15 is 0 Å². The molecule has 0 fully saturated rings. The van der Waals surface area contributed by atoms with E-state index in [2.05, 4.69) is 22.0 Å². The van der Waals surface area contributed by atoms with Crippen molar-refractivity contribution in [3.05, 3.63) is 130 Å². The van der Waals surface area contributed by atoms with Crippen molar-refractivity contribution in [3.63, 3.8) is 0 Å². The van der Waals surface area contributed by atoms with Crippen LogP contribution in [-0.2, 0) is 17.4 Å². The molecule has 0 spiro atoms. The van der Waals surface area contributed by atoms with Crippen LogP contribution in [0, 0.1) is 6.92 Å². The average Bonchev–Trinajstić information content (AvgIpc) is 2.98. The van der Waals surface area contributed by atoms with Gasteiger partial charge in [-0.1, -0.05) is 48.5 Å². The minimum Gasteiger partial charge on any atom is -0.310 e. The standard InChI is InChI=1S/C33H25F3N4O2/c1-21-11-16-31(42)40(26-10-6-9-25(19-26)33(34,35)36)32(21)27-18-23(12-14-28(27)37-2)24-13-15-29(38-20-24)39-30(41)17-22-7-4-3-5-8-22/h3-16,18-20H,2,17H2,1H3,(H,38,39,41). The zero-order valence-electron chi connectivity index (χ0n) is 22.5. The normalized spacial score (nSPS) is 11.2. The molecule has 0 saturated heterocycles. The van der Waals surface area contributed by atoms with Crippen LogP contribution in [0.1, 0.15) is 16.7 Å². The van der Waals surface area contributed by atoms with Crippen molar-refractivity contribution in [2.75, 3.05) is 5.32 Å². The smallest absolute Gasteiger partial charge is 0.310 e. The molecule has 0 bridgehead atoms. The van der Waals surface area contributed by atoms with Crippen molar-refractivity contribution in [2.24, 2.45) is 4.99 Å². The van der Waals surface area contributed by atoms with Crippen molar-refractivity contribution in [1.82, 2.24) is 9.55 Å². The van der Waals surface area contributed by atoms with E-state index < -0.39 is 17.3 Å². The third-order valence-corrected chi connectivity index (χ3v) is 6.72. The lowest BCUT2D eigenvalue weighted by Gasteiger charge is -2.19. The van der Waals surface area contributed by atoms with E-state index in [0.29, 0.717) is 28.3 Å². The molecule has 3 aromatic carbocycles. The van der Waals surface area contributed by atoms with Gasteiger partial charge in [-0.15, -0.1) is 0 Å². The molecule has 0 aliphatic carbocycles. The van der Waals surface area contributed by atoms with Gasteiger partial charge in [0, 0.05) is 29.1 Å². The molecule has 1 amide bonds. The van der Waals surface area contributed by atoms with E-state index in [1.165, 1.54) is 22.8 Å². The molecule has 0 aliphatic heterocycles. The van der Waals surface area contributed by atoms with Crippen molar-refractivity contribution in [1.29, 1.82) is 0 Å². The number of nitrogens with zero attached hydrogens (tertiary/aromatic N) is 3. The zero-order chi connectivity index (χ0) is 29.9. The Morgan fingerprint density at radius 2 is 1.69 bits per heavy atom. The number of hydrogen-bond acceptors (Lipinski definition) is 4. The fraction of sp³-hybridized carbons (Fsp3) is 0.0909. The highest BCUT2D eigenvalue weighted by Crippen LogP contribution is 2.37. The number of aromatic nitrogens is 2. The van der Waals surface area contributed by atoms with Gasteiger partial charge in [0.1, 0.15) is 5.82 Å². The maximum atomic E-state index is 13.5. The Kier molecular flexibility index (Phi) is 7.84. The third-order valence-electron chi connectivity index (χ3n) is 6.72. The predicted octanol–water partition coefficient (Wildman–Crippen LogP) is 7.41. The second-order valence-corrected chi connectivity index (χ2v) is 9.62. The number of amides is 1. The summed E-state index contributed by atoms with van der Waals surface area (Å²) in [6.45, 7) is 5.42. The molecule has 9 heteroatoms. The van der Waals surface area contributed by atoms with E-state index in [9.17, 15) is 22.8 Å². The lowest BCUT2D eigenvalue weighted by Crippen LogP contribution is -2.20. The summed E-state index contributed by atoms with van der Waals surface area (Å²) in [5, 5.41) is 2.79. The summed E-state index contributed by atoms with van der Waals surface area (Å²) in [6.07, 6.45) is -2.75. The summed E-state index contributed by atoms with van der Waals surface area (Å²) >= 11 is 0. The van der Waals surface area contributed by atoms with E-state index in [1.54, 1.807) is 43.5 Å². The topological polar surface area (TPSA) is 76.3 Å². The lowest BCUT2D eigenvalue weighted by atomic mass is 9.98. The minimum atomic E-state index is -4.57. The predicted molar refractivity (Wildman–Crippen MR) is 158 cm³/mol. The Bertz CT molecular complexity index is 1830. The summed E-state index contributed by atoms with van der Waals surface area (Å²) in [4.78, 5) is 34.0. The molecular weight excluding hydrogens is 541 g/mol. The molecule has 0 atom stereocenters. The van der Waals surface area contributed by atoms with Gasteiger partial charge in [-0.25, -0.2) is 4.98 Å². The van der Waals surface area contributed by atoms with Crippen LogP contribution in [0.3, 0.4) is 0 Å². The fourth-order valence-corrected chi connectivity index (χ4v) is 4.70. The van der Waals surface area contributed by atoms with Crippen LogP contribution in [-0.4, -0.2) is 22.2 Å². The van der Waals surface area contributed by atoms with Gasteiger partial charge < -0.3 is 5.32 Å². The number of rotatable bonds is 7. The highest BCUT2D eigenvalue weighted by molar-refractivity contribution is 5.91. The molecule has 6 nitrogen and oxygen atoms in total. The van der Waals surface area contributed by atoms with Gasteiger partial charge in [0.15, 0.2) is 0 Å². The quantitative estimate of drug-likeness (QED) is 0.209. The van der Waals surface area contributed by atoms with E-state index in [0.717, 1.165) is 28.8 Å². The SMILES string of the molecule is C=Nc1ccc(-c2ccc(NC(=O)Cc3ccccc3)nc2)cc1-c1c(C)ccc(=O)n1-c1cccc(C(F)(F)F)c1. The Morgan fingerprint density at radius 1 is 0.929 bits per heavy atom. The second kappa shape index (κ2) is 11.7. The van der Waals surface area contributed by atoms with Gasteiger partial charge in [-0.3, -0.25) is 19.1 Å². The van der Waals surface area contributed by atoms with Gasteiger partial charge in [0.25, 0.3) is 5.56 Å². The summed E-state index contributed by atoms with van der Waals surface area (Å²) < 4.78 is 41.8. The van der Waals surface area contributed by atoms with Crippen molar-refractivity contribution < 1.29 is 18.0 Å². The van der Waals surface area contributed by atoms with Crippen molar-refractivity contribution in [3.8, 4) is 28.1 Å². The first kappa shape index (κ1) is 28.2. The summed E-state index contributed by atoms with van der Waals surface area (Å²) in [7, 11) is 0. The number of benzene rings is 3. The molecule has 0 unspecified atom stereocenters. The van der Waals surface area contributed by atoms with Crippen molar-refractivity contribution in [2.45, 2.75) is 19.5 Å². The van der Waals surface area contributed by atoms with E-state index in [-0.39, 0.29) is 18.0 Å². The van der Waals surface area contributed by atoms with Gasteiger partial charge in [-0.05, 0) is 72.8 Å². The first-order valence-corrected chi connectivity index (χ1v) is 13.0. The molecule has 42 heavy (non-hydrogen) atoms. The highest BCUT2D eigenvalue weighted by atomic mass is 19.4. The Labute approximate surface area is 239 Å². The van der Waals surface area contributed by atoms with Crippen LogP contribution in [0.4, 0.5) is 24.7 Å². The number of halogens is 3. The van der Waals surface area contributed by atoms with Crippen LogP contribution in [0.25, 0.3) is 28.1 Å². The van der Waals surface area contributed by atoms with Gasteiger partial charge >= 0.3 is 6.18 Å². The number of carbonyl (C=O) groups excluding carboxylic acids is 1. The molecule has 0 saturated carbocycles. The zero-order valence-corrected chi connectivity index (χ0v) is 22.5. The Hall–Kier alpha value is -5.31. The number of aryl methyl sites for hydroxylation is 1. The molecular formula is C33H25F3N4O2. The molecule has 0 radical (unpaired) electrons. The molecule has 5 rings (SSSR count). The largest absolute Gasteiger partial charge is 0.416 e. The molecule has 1 N–H and O–H groups in total. The molecule has 5 aromatic rings. The average molecular weight is 567 g/mol. The van der Waals surface area contributed by atoms with Crippen LogP contribution in [0.2, 0.25) is 0 Å². The monoisotopic (exact) mass is 566 g/mol. The molecule has 2 aromatic heterocycles. The van der Waals surface area contributed by atoms with Gasteiger partial charge in [0.2, 0.25) is 5.91 Å². The number of carbonyl (C=O) groups is 1. The number of aliphatic imine (C=N–C) groups is 1. The third kappa shape index (κ3) is 6.05. The maximum absolute atomic E-state index is 13.5. The maximum Gasteiger partial charge on any atom is 0.416 e. The molecule has 2 heterocycles. The molecule has 0 aliphatic rings. The number of nitrogens with one attached hydrogen (secondary N) is 1. The first-order valence-electron chi connectivity index (χ1n) is 13.0. The number of pyridine rings is 2. The van der Waals surface area contributed by atoms with E-state index in [1.807, 2.05) is 36.4 Å². The number of alkyl halides is 3. The van der Waals surface area contributed by atoms with Crippen LogP contribution < -0.4 is 10.9 Å². The van der Waals surface area contributed by atoms with Crippen LogP contribution >= 0.6 is 0 Å². The van der Waals surface area contributed by atoms with Gasteiger partial charge in [-0.2, -0.15) is 13.2 Å². The summed E-state index contributed by atoms with van der Waals surface area (Å²) in [5.41, 5.74) is 3.05. The second-order valence-electron chi connectivity index (χ2n) is 9.62.